The lowest BCUT2D eigenvalue weighted by atomic mass is 10.0. The highest BCUT2D eigenvalue weighted by Gasteiger charge is 2.32. The predicted octanol–water partition coefficient (Wildman–Crippen LogP) is 2.78. The van der Waals surface area contributed by atoms with E-state index in [1.807, 2.05) is 37.9 Å². The summed E-state index contributed by atoms with van der Waals surface area (Å²) < 4.78 is 5.31. The van der Waals surface area contributed by atoms with Gasteiger partial charge in [-0.1, -0.05) is 16.8 Å². The van der Waals surface area contributed by atoms with E-state index in [-0.39, 0.29) is 11.9 Å². The van der Waals surface area contributed by atoms with Crippen molar-refractivity contribution in [2.24, 2.45) is 0 Å². The number of carbonyl (C=O) groups is 1. The Morgan fingerprint density at radius 1 is 1.25 bits per heavy atom. The molecule has 0 N–H and O–H groups in total. The van der Waals surface area contributed by atoms with E-state index < -0.39 is 0 Å². The van der Waals surface area contributed by atoms with Gasteiger partial charge in [-0.05, 0) is 51.1 Å². The molecule has 1 saturated heterocycles. The topological polar surface area (TPSA) is 62.5 Å². The summed E-state index contributed by atoms with van der Waals surface area (Å²) in [4.78, 5) is 21.3. The molecule has 128 valence electrons. The molecule has 1 aromatic heterocycles. The highest BCUT2D eigenvalue weighted by molar-refractivity contribution is 6.31. The van der Waals surface area contributed by atoms with Crippen molar-refractivity contribution >= 4 is 17.5 Å². The number of benzene rings is 1. The van der Waals surface area contributed by atoms with Gasteiger partial charge in [-0.25, -0.2) is 0 Å². The molecule has 0 bridgehead atoms. The first-order valence-electron chi connectivity index (χ1n) is 7.93. The van der Waals surface area contributed by atoms with Crippen molar-refractivity contribution in [3.63, 3.8) is 0 Å². The summed E-state index contributed by atoms with van der Waals surface area (Å²) in [5, 5.41) is 4.54. The van der Waals surface area contributed by atoms with Gasteiger partial charge in [-0.3, -0.25) is 9.69 Å². The molecule has 6 nitrogen and oxygen atoms in total. The van der Waals surface area contributed by atoms with Gasteiger partial charge in [-0.2, -0.15) is 4.98 Å². The molecule has 2 heterocycles. The van der Waals surface area contributed by atoms with E-state index >= 15 is 0 Å². The first-order valence-corrected chi connectivity index (χ1v) is 8.31. The number of rotatable bonds is 2. The molecule has 1 fully saturated rings. The third-order valence-electron chi connectivity index (χ3n) is 4.50. The molecule has 24 heavy (non-hydrogen) atoms. The van der Waals surface area contributed by atoms with Crippen molar-refractivity contribution in [3.05, 3.63) is 45.6 Å². The normalized spacial score (nSPS) is 18.9. The van der Waals surface area contributed by atoms with Crippen molar-refractivity contribution in [1.29, 1.82) is 0 Å². The Bertz CT molecular complexity index is 774. The van der Waals surface area contributed by atoms with Crippen LogP contribution in [0.25, 0.3) is 0 Å². The lowest BCUT2D eigenvalue weighted by Gasteiger charge is -2.37. The molecule has 1 aliphatic heterocycles. The standard InChI is InChI=1S/C17H21ClN4O2/c1-10-8-14(18)11(2)7-13(10)17(23)22-6-5-21(4)15(9-22)16-19-12(3)20-24-16/h7-8,15H,5-6,9H2,1-4H3/t15-/m1/s1. The third kappa shape index (κ3) is 3.16. The molecule has 0 radical (unpaired) electrons. The van der Waals surface area contributed by atoms with Gasteiger partial charge < -0.3 is 9.42 Å². The zero-order valence-corrected chi connectivity index (χ0v) is 15.1. The van der Waals surface area contributed by atoms with Gasteiger partial charge in [0.15, 0.2) is 5.82 Å². The van der Waals surface area contributed by atoms with Gasteiger partial charge in [-0.15, -0.1) is 0 Å². The van der Waals surface area contributed by atoms with Crippen LogP contribution in [0.5, 0.6) is 0 Å². The molecular weight excluding hydrogens is 328 g/mol. The first kappa shape index (κ1) is 16.9. The molecule has 1 amide bonds. The second kappa shape index (κ2) is 6.53. The second-order valence-corrected chi connectivity index (χ2v) is 6.75. The maximum absolute atomic E-state index is 13.0. The molecule has 0 unspecified atom stereocenters. The van der Waals surface area contributed by atoms with Gasteiger partial charge in [0.05, 0.1) is 0 Å². The van der Waals surface area contributed by atoms with E-state index in [1.165, 1.54) is 0 Å². The maximum Gasteiger partial charge on any atom is 0.254 e. The smallest absolute Gasteiger partial charge is 0.254 e. The van der Waals surface area contributed by atoms with E-state index in [0.29, 0.717) is 35.4 Å². The number of carbonyl (C=O) groups excluding carboxylic acids is 1. The Balaban J connectivity index is 1.84. The molecular formula is C17H21ClN4O2. The molecule has 0 saturated carbocycles. The molecule has 2 aromatic rings. The zero-order valence-electron chi connectivity index (χ0n) is 14.3. The fraction of sp³-hybridized carbons (Fsp3) is 0.471. The first-order chi connectivity index (χ1) is 11.4. The summed E-state index contributed by atoms with van der Waals surface area (Å²) >= 11 is 6.14. The van der Waals surface area contributed by atoms with Gasteiger partial charge in [0.1, 0.15) is 6.04 Å². The summed E-state index contributed by atoms with van der Waals surface area (Å²) in [6, 6.07) is 3.63. The SMILES string of the molecule is Cc1noc([C@H]2CN(C(=O)c3cc(C)c(Cl)cc3C)CCN2C)n1. The number of piperazine rings is 1. The Morgan fingerprint density at radius 2 is 2.00 bits per heavy atom. The number of aryl methyl sites for hydroxylation is 3. The number of aromatic nitrogens is 2. The van der Waals surface area contributed by atoms with Crippen LogP contribution in [-0.2, 0) is 0 Å². The van der Waals surface area contributed by atoms with Gasteiger partial charge in [0, 0.05) is 30.2 Å². The van der Waals surface area contributed by atoms with E-state index in [1.54, 1.807) is 6.92 Å². The minimum absolute atomic E-state index is 0.0154. The van der Waals surface area contributed by atoms with Crippen LogP contribution in [0.15, 0.2) is 16.7 Å². The minimum Gasteiger partial charge on any atom is -0.338 e. The van der Waals surface area contributed by atoms with E-state index in [0.717, 1.165) is 17.7 Å². The molecule has 1 aliphatic rings. The van der Waals surface area contributed by atoms with E-state index in [4.69, 9.17) is 16.1 Å². The molecule has 1 aromatic carbocycles. The van der Waals surface area contributed by atoms with E-state index in [2.05, 4.69) is 15.0 Å². The van der Waals surface area contributed by atoms with Crippen LogP contribution in [0.3, 0.4) is 0 Å². The van der Waals surface area contributed by atoms with Gasteiger partial charge in [0.25, 0.3) is 5.91 Å². The summed E-state index contributed by atoms with van der Waals surface area (Å²) in [6.07, 6.45) is 0. The average Bonchev–Trinajstić information content (AvgIpc) is 2.97. The Hall–Kier alpha value is -1.92. The number of hydrogen-bond donors (Lipinski definition) is 0. The fourth-order valence-electron chi connectivity index (χ4n) is 2.95. The highest BCUT2D eigenvalue weighted by atomic mass is 35.5. The number of likely N-dealkylation sites (N-methyl/N-ethyl adjacent to an activating group) is 1. The lowest BCUT2D eigenvalue weighted by molar-refractivity contribution is 0.0488. The van der Waals surface area contributed by atoms with Crippen LogP contribution in [-0.4, -0.2) is 52.5 Å². The Kier molecular flexibility index (Phi) is 4.60. The van der Waals surface area contributed by atoms with Crippen LogP contribution in [0, 0.1) is 20.8 Å². The van der Waals surface area contributed by atoms with Crippen molar-refractivity contribution in [1.82, 2.24) is 19.9 Å². The number of hydrogen-bond acceptors (Lipinski definition) is 5. The van der Waals surface area contributed by atoms with E-state index in [9.17, 15) is 4.79 Å². The minimum atomic E-state index is -0.0856. The van der Waals surface area contributed by atoms with Crippen LogP contribution < -0.4 is 0 Å². The zero-order chi connectivity index (χ0) is 17.4. The van der Waals surface area contributed by atoms with Crippen molar-refractivity contribution in [2.75, 3.05) is 26.7 Å². The lowest BCUT2D eigenvalue weighted by Crippen LogP contribution is -2.49. The molecule has 3 rings (SSSR count). The maximum atomic E-state index is 13.0. The highest BCUT2D eigenvalue weighted by Crippen LogP contribution is 2.26. The average molecular weight is 349 g/mol. The quantitative estimate of drug-likeness (QED) is 0.835. The Morgan fingerprint density at radius 3 is 2.67 bits per heavy atom. The summed E-state index contributed by atoms with van der Waals surface area (Å²) in [5.74, 6) is 1.17. The number of halogens is 1. The van der Waals surface area contributed by atoms with Crippen LogP contribution in [0.2, 0.25) is 5.02 Å². The van der Waals surface area contributed by atoms with Crippen molar-refractivity contribution in [3.8, 4) is 0 Å². The van der Waals surface area contributed by atoms with Crippen molar-refractivity contribution in [2.45, 2.75) is 26.8 Å². The predicted molar refractivity (Wildman–Crippen MR) is 91.2 cm³/mol. The molecule has 1 atom stereocenters. The summed E-state index contributed by atoms with van der Waals surface area (Å²) in [5.41, 5.74) is 2.49. The van der Waals surface area contributed by atoms with Crippen LogP contribution >= 0.6 is 11.6 Å². The van der Waals surface area contributed by atoms with Crippen molar-refractivity contribution < 1.29 is 9.32 Å². The molecule has 0 aliphatic carbocycles. The van der Waals surface area contributed by atoms with Gasteiger partial charge in [0.2, 0.25) is 5.89 Å². The fourth-order valence-corrected chi connectivity index (χ4v) is 3.17. The van der Waals surface area contributed by atoms with Gasteiger partial charge >= 0.3 is 0 Å². The monoisotopic (exact) mass is 348 g/mol. The largest absolute Gasteiger partial charge is 0.338 e. The number of amides is 1. The van der Waals surface area contributed by atoms with Crippen LogP contribution in [0.4, 0.5) is 0 Å². The van der Waals surface area contributed by atoms with Crippen LogP contribution in [0.1, 0.15) is 39.2 Å². The Labute approximate surface area is 146 Å². The third-order valence-corrected chi connectivity index (χ3v) is 4.91. The molecule has 0 spiro atoms. The summed E-state index contributed by atoms with van der Waals surface area (Å²) in [6.45, 7) is 7.56. The molecule has 7 heteroatoms. The summed E-state index contributed by atoms with van der Waals surface area (Å²) in [7, 11) is 2.00. The second-order valence-electron chi connectivity index (χ2n) is 6.34. The number of nitrogens with zero attached hydrogens (tertiary/aromatic N) is 4.